The molecule has 192 valence electrons. The number of rotatable bonds is 10. The van der Waals surface area contributed by atoms with Crippen LogP contribution in [0.1, 0.15) is 61.7 Å². The average molecular weight is 508 g/mol. The van der Waals surface area contributed by atoms with Gasteiger partial charge in [-0.2, -0.15) is 10.2 Å². The van der Waals surface area contributed by atoms with Crippen molar-refractivity contribution in [2.45, 2.75) is 45.6 Å². The zero-order valence-corrected chi connectivity index (χ0v) is 20.7. The smallest absolute Gasteiger partial charge is 0.246 e. The maximum absolute atomic E-state index is 14.4. The molecule has 0 aliphatic heterocycles. The minimum atomic E-state index is -0.695. The Morgan fingerprint density at radius 3 is 2.57 bits per heavy atom. The normalized spacial score (nSPS) is 12.9. The van der Waals surface area contributed by atoms with Crippen LogP contribution in [-0.4, -0.2) is 37.6 Å². The van der Waals surface area contributed by atoms with Gasteiger partial charge in [0.1, 0.15) is 23.6 Å². The Bertz CT molecular complexity index is 1390. The first-order valence-electron chi connectivity index (χ1n) is 11.9. The lowest BCUT2D eigenvalue weighted by atomic mass is 9.90. The van der Waals surface area contributed by atoms with Gasteiger partial charge in [-0.3, -0.25) is 9.78 Å². The summed E-state index contributed by atoms with van der Waals surface area (Å²) in [5, 5.41) is 11.4. The fourth-order valence-electron chi connectivity index (χ4n) is 3.88. The van der Waals surface area contributed by atoms with Crippen LogP contribution >= 0.6 is 0 Å². The number of oxazole rings is 1. The van der Waals surface area contributed by atoms with Crippen molar-refractivity contribution >= 4 is 5.91 Å². The van der Waals surface area contributed by atoms with Crippen molar-refractivity contribution in [1.82, 2.24) is 30.5 Å². The first-order valence-corrected chi connectivity index (χ1v) is 11.9. The standard InChI is InChI=1S/C26H27F2N7O2/c1-4-14(2)17-8-20(24-18(27)6-5-7-19(24)28)34-35-25(17)15(3)21-10-31-11-22(33-21)26-32-16(13-37-26)9-30-12-23(29)36/h5-8,10-11,13-15,30H,4,9,12H2,1-3H3,(H2,29,36)/t14-,15?/m0/s1. The highest BCUT2D eigenvalue weighted by Crippen LogP contribution is 2.33. The summed E-state index contributed by atoms with van der Waals surface area (Å²) in [5.41, 5.74) is 8.14. The number of nitrogens with one attached hydrogen (secondary N) is 1. The van der Waals surface area contributed by atoms with Crippen LogP contribution in [0.3, 0.4) is 0 Å². The summed E-state index contributed by atoms with van der Waals surface area (Å²) >= 11 is 0. The van der Waals surface area contributed by atoms with Gasteiger partial charge in [-0.05, 0) is 36.1 Å². The highest BCUT2D eigenvalue weighted by atomic mass is 19.1. The van der Waals surface area contributed by atoms with Crippen molar-refractivity contribution in [3.8, 4) is 22.8 Å². The number of halogens is 2. The van der Waals surface area contributed by atoms with Crippen LogP contribution in [0.4, 0.5) is 8.78 Å². The number of carbonyl (C=O) groups excluding carboxylic acids is 1. The third-order valence-electron chi connectivity index (χ3n) is 6.10. The van der Waals surface area contributed by atoms with Gasteiger partial charge in [0.2, 0.25) is 11.8 Å². The van der Waals surface area contributed by atoms with E-state index in [4.69, 9.17) is 10.2 Å². The molecule has 37 heavy (non-hydrogen) atoms. The highest BCUT2D eigenvalue weighted by molar-refractivity contribution is 5.75. The molecule has 1 unspecified atom stereocenters. The first kappa shape index (κ1) is 26.0. The molecule has 0 radical (unpaired) electrons. The molecule has 1 aromatic carbocycles. The Kier molecular flexibility index (Phi) is 7.92. The molecule has 4 aromatic rings. The lowest BCUT2D eigenvalue weighted by Crippen LogP contribution is -2.28. The molecule has 1 amide bonds. The minimum absolute atomic E-state index is 0.0247. The molecule has 3 heterocycles. The number of nitrogens with two attached hydrogens (primary N) is 1. The molecule has 2 atom stereocenters. The molecule has 4 rings (SSSR count). The van der Waals surface area contributed by atoms with Gasteiger partial charge >= 0.3 is 0 Å². The Morgan fingerprint density at radius 1 is 1.11 bits per heavy atom. The van der Waals surface area contributed by atoms with E-state index in [0.717, 1.165) is 12.0 Å². The first-order chi connectivity index (χ1) is 17.8. The van der Waals surface area contributed by atoms with Crippen LogP contribution in [-0.2, 0) is 11.3 Å². The Balaban J connectivity index is 1.65. The third kappa shape index (κ3) is 5.83. The lowest BCUT2D eigenvalue weighted by molar-refractivity contribution is -0.117. The van der Waals surface area contributed by atoms with Gasteiger partial charge in [0.05, 0.1) is 41.1 Å². The molecule has 9 nitrogen and oxygen atoms in total. The van der Waals surface area contributed by atoms with E-state index in [1.165, 1.54) is 30.7 Å². The maximum Gasteiger partial charge on any atom is 0.246 e. The molecule has 0 bridgehead atoms. The number of hydrogen-bond acceptors (Lipinski definition) is 8. The number of aromatic nitrogens is 5. The summed E-state index contributed by atoms with van der Waals surface area (Å²) in [6.07, 6.45) is 5.42. The number of amides is 1. The largest absolute Gasteiger partial charge is 0.443 e. The van der Waals surface area contributed by atoms with Gasteiger partial charge in [0, 0.05) is 18.7 Å². The number of benzene rings is 1. The summed E-state index contributed by atoms with van der Waals surface area (Å²) in [6, 6.07) is 5.41. The Morgan fingerprint density at radius 2 is 1.86 bits per heavy atom. The van der Waals surface area contributed by atoms with Crippen LogP contribution < -0.4 is 11.1 Å². The Labute approximate surface area is 212 Å². The van der Waals surface area contributed by atoms with Crippen molar-refractivity contribution in [1.29, 1.82) is 0 Å². The van der Waals surface area contributed by atoms with Crippen molar-refractivity contribution in [2.75, 3.05) is 6.54 Å². The molecule has 0 saturated heterocycles. The molecule has 3 N–H and O–H groups in total. The molecule has 0 saturated carbocycles. The second-order valence-electron chi connectivity index (χ2n) is 8.74. The fraction of sp³-hybridized carbons (Fsp3) is 0.308. The summed E-state index contributed by atoms with van der Waals surface area (Å²) in [4.78, 5) is 24.3. The van der Waals surface area contributed by atoms with Crippen LogP contribution in [0.15, 0.2) is 47.3 Å². The van der Waals surface area contributed by atoms with Crippen molar-refractivity contribution in [3.63, 3.8) is 0 Å². The van der Waals surface area contributed by atoms with Crippen molar-refractivity contribution in [3.05, 3.63) is 77.2 Å². The van der Waals surface area contributed by atoms with Crippen LogP contribution in [0.25, 0.3) is 22.8 Å². The van der Waals surface area contributed by atoms with Gasteiger partial charge in [-0.15, -0.1) is 0 Å². The summed E-state index contributed by atoms with van der Waals surface area (Å²) in [5.74, 6) is -1.85. The van der Waals surface area contributed by atoms with E-state index in [-0.39, 0.29) is 35.5 Å². The molecule has 3 aromatic heterocycles. The van der Waals surface area contributed by atoms with Gasteiger partial charge in [0.15, 0.2) is 0 Å². The van der Waals surface area contributed by atoms with E-state index in [0.29, 0.717) is 29.3 Å². The third-order valence-corrected chi connectivity index (χ3v) is 6.10. The molecular weight excluding hydrogens is 480 g/mol. The zero-order valence-electron chi connectivity index (χ0n) is 20.7. The monoisotopic (exact) mass is 507 g/mol. The molecular formula is C26H27F2N7O2. The molecule has 0 aliphatic carbocycles. The van der Waals surface area contributed by atoms with Gasteiger partial charge in [-0.1, -0.05) is 26.8 Å². The van der Waals surface area contributed by atoms with E-state index >= 15 is 0 Å². The fourth-order valence-corrected chi connectivity index (χ4v) is 3.88. The van der Waals surface area contributed by atoms with E-state index in [9.17, 15) is 13.6 Å². The Hall–Kier alpha value is -4.12. The molecule has 0 fully saturated rings. The topological polar surface area (TPSA) is 133 Å². The van der Waals surface area contributed by atoms with E-state index < -0.39 is 17.5 Å². The second-order valence-corrected chi connectivity index (χ2v) is 8.74. The van der Waals surface area contributed by atoms with Gasteiger partial charge in [0.25, 0.3) is 0 Å². The van der Waals surface area contributed by atoms with Crippen molar-refractivity contribution < 1.29 is 18.0 Å². The number of hydrogen-bond donors (Lipinski definition) is 2. The summed E-state index contributed by atoms with van der Waals surface area (Å²) < 4.78 is 34.4. The second kappa shape index (κ2) is 11.3. The van der Waals surface area contributed by atoms with E-state index in [1.807, 2.05) is 20.8 Å². The number of primary amides is 1. The highest BCUT2D eigenvalue weighted by Gasteiger charge is 2.23. The predicted octanol–water partition coefficient (Wildman–Crippen LogP) is 4.11. The predicted molar refractivity (Wildman–Crippen MR) is 132 cm³/mol. The molecule has 11 heteroatoms. The van der Waals surface area contributed by atoms with E-state index in [1.54, 1.807) is 12.3 Å². The zero-order chi connectivity index (χ0) is 26.5. The van der Waals surface area contributed by atoms with Gasteiger partial charge in [-0.25, -0.2) is 18.7 Å². The number of nitrogens with zero attached hydrogens (tertiary/aromatic N) is 5. The minimum Gasteiger partial charge on any atom is -0.443 e. The summed E-state index contributed by atoms with van der Waals surface area (Å²) in [7, 11) is 0. The summed E-state index contributed by atoms with van der Waals surface area (Å²) in [6.45, 7) is 6.30. The van der Waals surface area contributed by atoms with Crippen LogP contribution in [0.2, 0.25) is 0 Å². The van der Waals surface area contributed by atoms with E-state index in [2.05, 4.69) is 30.5 Å². The molecule has 0 aliphatic rings. The number of carbonyl (C=O) groups is 1. The lowest BCUT2D eigenvalue weighted by Gasteiger charge is -2.19. The van der Waals surface area contributed by atoms with Crippen molar-refractivity contribution in [2.24, 2.45) is 5.73 Å². The van der Waals surface area contributed by atoms with Gasteiger partial charge < -0.3 is 15.5 Å². The average Bonchev–Trinajstić information content (AvgIpc) is 3.36. The SMILES string of the molecule is CC[C@H](C)c1cc(-c2c(F)cccc2F)nnc1C(C)c1cncc(-c2nc(CNCC(N)=O)co2)n1. The molecule has 0 spiro atoms. The quantitative estimate of drug-likeness (QED) is 0.328. The maximum atomic E-state index is 14.4. The van der Waals surface area contributed by atoms with Crippen LogP contribution in [0, 0.1) is 11.6 Å². The van der Waals surface area contributed by atoms with Crippen LogP contribution in [0.5, 0.6) is 0 Å².